The van der Waals surface area contributed by atoms with Gasteiger partial charge in [0.25, 0.3) is 0 Å². The maximum absolute atomic E-state index is 12.1. The van der Waals surface area contributed by atoms with Crippen molar-refractivity contribution in [1.82, 2.24) is 20.2 Å². The Morgan fingerprint density at radius 2 is 2.23 bits per heavy atom. The van der Waals surface area contributed by atoms with Crippen molar-refractivity contribution in [3.8, 4) is 0 Å². The molecule has 120 valence electrons. The molecule has 7 heteroatoms. The zero-order valence-electron chi connectivity index (χ0n) is 12.8. The minimum atomic E-state index is -0.399. The second-order valence-electron chi connectivity index (χ2n) is 5.98. The summed E-state index contributed by atoms with van der Waals surface area (Å²) in [6.07, 6.45) is 8.27. The van der Waals surface area contributed by atoms with Crippen LogP contribution in [0.2, 0.25) is 0 Å². The van der Waals surface area contributed by atoms with E-state index in [2.05, 4.69) is 15.3 Å². The summed E-state index contributed by atoms with van der Waals surface area (Å²) >= 11 is 5.57. The summed E-state index contributed by atoms with van der Waals surface area (Å²) in [7, 11) is 1.41. The van der Waals surface area contributed by atoms with Crippen molar-refractivity contribution in [2.24, 2.45) is 0 Å². The number of esters is 1. The first kappa shape index (κ1) is 15.3. The van der Waals surface area contributed by atoms with E-state index in [-0.39, 0.29) is 5.97 Å². The van der Waals surface area contributed by atoms with Crippen LogP contribution in [0.25, 0.3) is 0 Å². The third kappa shape index (κ3) is 3.09. The largest absolute Gasteiger partial charge is 0.467 e. The van der Waals surface area contributed by atoms with Gasteiger partial charge in [0.05, 0.1) is 31.4 Å². The van der Waals surface area contributed by atoms with Crippen LogP contribution < -0.4 is 5.32 Å². The fraction of sp³-hybridized carbons (Fsp3) is 0.667. The smallest absolute Gasteiger partial charge is 0.328 e. The maximum Gasteiger partial charge on any atom is 0.328 e. The number of nitrogens with zero attached hydrogens (tertiary/aromatic N) is 2. The number of nitrogens with one attached hydrogen (secondary N) is 2. The number of ether oxygens (including phenoxy) is 1. The van der Waals surface area contributed by atoms with E-state index in [0.717, 1.165) is 24.2 Å². The zero-order chi connectivity index (χ0) is 15.5. The molecule has 1 atom stereocenters. The summed E-state index contributed by atoms with van der Waals surface area (Å²) in [5.41, 5.74) is 1.94. The molecule has 0 saturated heterocycles. The van der Waals surface area contributed by atoms with Gasteiger partial charge in [-0.15, -0.1) is 0 Å². The Bertz CT molecular complexity index is 553. The molecular weight excluding hydrogens is 300 g/mol. The molecule has 0 aromatic carbocycles. The highest BCUT2D eigenvalue weighted by Crippen LogP contribution is 2.23. The number of fused-ring (bicyclic) bond motifs is 1. The number of aromatic amines is 1. The van der Waals surface area contributed by atoms with E-state index in [0.29, 0.717) is 24.1 Å². The average Bonchev–Trinajstić information content (AvgIpc) is 3.01. The number of hydrogen-bond acceptors (Lipinski definition) is 4. The van der Waals surface area contributed by atoms with Crippen LogP contribution in [-0.2, 0) is 22.5 Å². The Morgan fingerprint density at radius 3 is 2.95 bits per heavy atom. The molecule has 22 heavy (non-hydrogen) atoms. The number of imidazole rings is 1. The Balaban J connectivity index is 1.73. The van der Waals surface area contributed by atoms with Crippen molar-refractivity contribution in [1.29, 1.82) is 0 Å². The molecule has 3 rings (SSSR count). The predicted molar refractivity (Wildman–Crippen MR) is 86.2 cm³/mol. The minimum Gasteiger partial charge on any atom is -0.467 e. The van der Waals surface area contributed by atoms with Crippen molar-refractivity contribution in [2.45, 2.75) is 57.2 Å². The van der Waals surface area contributed by atoms with Gasteiger partial charge in [0.2, 0.25) is 0 Å². The van der Waals surface area contributed by atoms with E-state index >= 15 is 0 Å². The van der Waals surface area contributed by atoms with Crippen LogP contribution in [0.1, 0.15) is 43.5 Å². The third-order valence-electron chi connectivity index (χ3n) is 4.57. The second kappa shape index (κ2) is 6.64. The summed E-state index contributed by atoms with van der Waals surface area (Å²) < 4.78 is 4.95. The van der Waals surface area contributed by atoms with E-state index in [1.807, 2.05) is 4.90 Å². The van der Waals surface area contributed by atoms with Crippen molar-refractivity contribution >= 4 is 23.3 Å². The van der Waals surface area contributed by atoms with Gasteiger partial charge < -0.3 is 19.9 Å². The first-order chi connectivity index (χ1) is 10.7. The molecular formula is C15H22N4O2S. The van der Waals surface area contributed by atoms with Crippen molar-refractivity contribution < 1.29 is 9.53 Å². The number of rotatable bonds is 2. The summed E-state index contributed by atoms with van der Waals surface area (Å²) in [6.45, 7) is 0.563. The molecule has 1 aliphatic carbocycles. The summed E-state index contributed by atoms with van der Waals surface area (Å²) in [5, 5.41) is 4.08. The number of aromatic nitrogens is 2. The lowest BCUT2D eigenvalue weighted by Gasteiger charge is -2.37. The van der Waals surface area contributed by atoms with Crippen LogP contribution in [0, 0.1) is 0 Å². The van der Waals surface area contributed by atoms with E-state index in [1.165, 1.54) is 26.4 Å². The number of hydrogen-bond donors (Lipinski definition) is 2. The van der Waals surface area contributed by atoms with Crippen LogP contribution in [-0.4, -0.2) is 45.1 Å². The van der Waals surface area contributed by atoms with Gasteiger partial charge >= 0.3 is 5.97 Å². The SMILES string of the molecule is COC(=O)C1Cc2nc[nH]c2CN1C(=S)NC1CCCCC1. The van der Waals surface area contributed by atoms with E-state index < -0.39 is 6.04 Å². The predicted octanol–water partition coefficient (Wildman–Crippen LogP) is 1.52. The van der Waals surface area contributed by atoms with E-state index in [1.54, 1.807) is 6.33 Å². The summed E-state index contributed by atoms with van der Waals surface area (Å²) in [6, 6.07) is 0.0205. The Labute approximate surface area is 135 Å². The molecule has 1 fully saturated rings. The highest BCUT2D eigenvalue weighted by atomic mass is 32.1. The number of carbonyl (C=O) groups is 1. The highest BCUT2D eigenvalue weighted by molar-refractivity contribution is 7.80. The highest BCUT2D eigenvalue weighted by Gasteiger charge is 2.35. The van der Waals surface area contributed by atoms with Gasteiger partial charge in [-0.2, -0.15) is 0 Å². The van der Waals surface area contributed by atoms with Crippen LogP contribution in [0.5, 0.6) is 0 Å². The number of H-pyrrole nitrogens is 1. The molecule has 2 aliphatic rings. The van der Waals surface area contributed by atoms with Crippen LogP contribution in [0.3, 0.4) is 0 Å². The fourth-order valence-corrected chi connectivity index (χ4v) is 3.66. The van der Waals surface area contributed by atoms with Crippen LogP contribution in [0.4, 0.5) is 0 Å². The van der Waals surface area contributed by atoms with Gasteiger partial charge in [-0.1, -0.05) is 19.3 Å². The second-order valence-corrected chi connectivity index (χ2v) is 6.37. The lowest BCUT2D eigenvalue weighted by molar-refractivity contribution is -0.146. The minimum absolute atomic E-state index is 0.263. The van der Waals surface area contributed by atoms with Gasteiger partial charge in [0.1, 0.15) is 6.04 Å². The Kier molecular flexibility index (Phi) is 4.61. The lowest BCUT2D eigenvalue weighted by Crippen LogP contribution is -2.54. The molecule has 1 aromatic heterocycles. The molecule has 0 radical (unpaired) electrons. The van der Waals surface area contributed by atoms with E-state index in [9.17, 15) is 4.79 Å². The van der Waals surface area contributed by atoms with Crippen LogP contribution in [0.15, 0.2) is 6.33 Å². The normalized spacial score (nSPS) is 22.0. The molecule has 1 aliphatic heterocycles. The van der Waals surface area contributed by atoms with E-state index in [4.69, 9.17) is 17.0 Å². The van der Waals surface area contributed by atoms with Gasteiger partial charge in [0.15, 0.2) is 5.11 Å². The fourth-order valence-electron chi connectivity index (χ4n) is 3.30. The molecule has 0 bridgehead atoms. The van der Waals surface area contributed by atoms with Crippen LogP contribution >= 0.6 is 12.2 Å². The molecule has 1 unspecified atom stereocenters. The number of methoxy groups -OCH3 is 1. The molecule has 6 nitrogen and oxygen atoms in total. The first-order valence-corrected chi connectivity index (χ1v) is 8.26. The number of thiocarbonyl (C=S) groups is 1. The Hall–Kier alpha value is -1.63. The third-order valence-corrected chi connectivity index (χ3v) is 4.92. The monoisotopic (exact) mass is 322 g/mol. The molecule has 2 heterocycles. The number of carbonyl (C=O) groups excluding carboxylic acids is 1. The van der Waals surface area contributed by atoms with Gasteiger partial charge in [-0.05, 0) is 25.1 Å². The quantitative estimate of drug-likeness (QED) is 0.635. The van der Waals surface area contributed by atoms with Gasteiger partial charge in [-0.3, -0.25) is 0 Å². The molecule has 0 amide bonds. The van der Waals surface area contributed by atoms with Crippen molar-refractivity contribution in [3.63, 3.8) is 0 Å². The summed E-state index contributed by atoms with van der Waals surface area (Å²) in [5.74, 6) is -0.263. The van der Waals surface area contributed by atoms with Gasteiger partial charge in [-0.25, -0.2) is 9.78 Å². The average molecular weight is 322 g/mol. The van der Waals surface area contributed by atoms with Crippen molar-refractivity contribution in [3.05, 3.63) is 17.7 Å². The molecule has 1 aromatic rings. The molecule has 1 saturated carbocycles. The molecule has 0 spiro atoms. The summed E-state index contributed by atoms with van der Waals surface area (Å²) in [4.78, 5) is 21.5. The van der Waals surface area contributed by atoms with Crippen molar-refractivity contribution in [2.75, 3.05) is 7.11 Å². The molecule has 2 N–H and O–H groups in total. The van der Waals surface area contributed by atoms with Gasteiger partial charge in [0, 0.05) is 12.5 Å². The lowest BCUT2D eigenvalue weighted by atomic mass is 9.95. The zero-order valence-corrected chi connectivity index (χ0v) is 13.6. The standard InChI is InChI=1S/C15H22N4O2S/c1-21-14(20)13-7-11-12(17-9-16-11)8-19(13)15(22)18-10-5-3-2-4-6-10/h9-10,13H,2-8H2,1H3,(H,16,17)(H,18,22). The first-order valence-electron chi connectivity index (χ1n) is 7.85. The Morgan fingerprint density at radius 1 is 1.45 bits per heavy atom. The topological polar surface area (TPSA) is 70.2 Å². The maximum atomic E-state index is 12.1.